The Morgan fingerprint density at radius 3 is 2.35 bits per heavy atom. The summed E-state index contributed by atoms with van der Waals surface area (Å²) < 4.78 is 5.53. The molecule has 1 saturated carbocycles. The fourth-order valence-electron chi connectivity index (χ4n) is 4.93. The summed E-state index contributed by atoms with van der Waals surface area (Å²) in [5, 5.41) is 27.4. The minimum Gasteiger partial charge on any atom is -0.482 e. The third-order valence-corrected chi connectivity index (χ3v) is 6.46. The molecule has 2 aliphatic carbocycles. The number of nitro benzene ring substituents is 2. The number of benzene rings is 2. The van der Waals surface area contributed by atoms with Gasteiger partial charge in [0.15, 0.2) is 5.75 Å². The van der Waals surface area contributed by atoms with Crippen molar-refractivity contribution in [1.82, 2.24) is 5.01 Å². The van der Waals surface area contributed by atoms with Crippen molar-refractivity contribution in [2.24, 2.45) is 28.8 Å². The van der Waals surface area contributed by atoms with E-state index in [4.69, 9.17) is 4.74 Å². The Morgan fingerprint density at radius 1 is 1.00 bits per heavy atom. The maximum Gasteiger partial charge on any atom is 0.311 e. The van der Waals surface area contributed by atoms with Gasteiger partial charge >= 0.3 is 5.69 Å². The van der Waals surface area contributed by atoms with Gasteiger partial charge in [-0.2, -0.15) is 10.1 Å². The molecule has 3 aliphatic rings. The van der Waals surface area contributed by atoms with Crippen LogP contribution in [0, 0.1) is 43.9 Å². The first kappa shape index (κ1) is 21.4. The molecular weight excluding hydrogens is 444 g/mol. The van der Waals surface area contributed by atoms with Gasteiger partial charge in [-0.05, 0) is 36.0 Å². The molecule has 1 saturated heterocycles. The Labute approximate surface area is 192 Å². The van der Waals surface area contributed by atoms with Gasteiger partial charge in [0.1, 0.15) is 6.61 Å². The van der Waals surface area contributed by atoms with Crippen LogP contribution < -0.4 is 4.74 Å². The molecule has 11 nitrogen and oxygen atoms in total. The zero-order valence-corrected chi connectivity index (χ0v) is 17.6. The van der Waals surface area contributed by atoms with Crippen LogP contribution in [-0.4, -0.2) is 32.9 Å². The van der Waals surface area contributed by atoms with Gasteiger partial charge in [-0.1, -0.05) is 24.3 Å². The van der Waals surface area contributed by atoms with E-state index in [2.05, 4.69) is 5.10 Å². The standard InChI is InChI=1S/C23H18N4O7/c28-22-20-15-5-6-16(10-15)21(20)23(29)25(22)24-11-13-4-7-19(18(9-13)27(32)33)34-12-14-2-1-3-17(8-14)26(30)31/h1-9,11,15-16,20-21H,10,12H2. The van der Waals surface area contributed by atoms with Gasteiger partial charge in [-0.25, -0.2) is 0 Å². The van der Waals surface area contributed by atoms with Crippen LogP contribution >= 0.6 is 0 Å². The average molecular weight is 462 g/mol. The Bertz CT molecular complexity index is 1260. The van der Waals surface area contributed by atoms with Gasteiger partial charge in [0.25, 0.3) is 17.5 Å². The number of fused-ring (bicyclic) bond motifs is 5. The summed E-state index contributed by atoms with van der Waals surface area (Å²) >= 11 is 0. The molecule has 11 heteroatoms. The van der Waals surface area contributed by atoms with Crippen LogP contribution in [0.1, 0.15) is 17.5 Å². The highest BCUT2D eigenvalue weighted by molar-refractivity contribution is 6.06. The lowest BCUT2D eigenvalue weighted by molar-refractivity contribution is -0.386. The summed E-state index contributed by atoms with van der Waals surface area (Å²) in [6.07, 6.45) is 6.03. The van der Waals surface area contributed by atoms with Crippen molar-refractivity contribution in [3.05, 3.63) is 86.0 Å². The van der Waals surface area contributed by atoms with Gasteiger partial charge in [0.05, 0.1) is 27.9 Å². The van der Waals surface area contributed by atoms with E-state index in [-0.39, 0.29) is 59.2 Å². The van der Waals surface area contributed by atoms with Crippen molar-refractivity contribution < 1.29 is 24.2 Å². The number of amides is 2. The first-order chi connectivity index (χ1) is 16.3. The molecule has 172 valence electrons. The van der Waals surface area contributed by atoms with Crippen molar-refractivity contribution in [3.8, 4) is 5.75 Å². The van der Waals surface area contributed by atoms with Crippen LogP contribution in [0.2, 0.25) is 0 Å². The number of carbonyl (C=O) groups is 2. The number of nitrogens with zero attached hydrogens (tertiary/aromatic N) is 4. The highest BCUT2D eigenvalue weighted by atomic mass is 16.6. The molecule has 2 fully saturated rings. The Balaban J connectivity index is 1.32. The fraction of sp³-hybridized carbons (Fsp3) is 0.261. The molecule has 34 heavy (non-hydrogen) atoms. The molecule has 0 radical (unpaired) electrons. The molecule has 1 heterocycles. The lowest BCUT2D eigenvalue weighted by atomic mass is 9.85. The van der Waals surface area contributed by atoms with Gasteiger partial charge in [0, 0.05) is 23.8 Å². The van der Waals surface area contributed by atoms with Crippen molar-refractivity contribution >= 4 is 29.4 Å². The van der Waals surface area contributed by atoms with Crippen LogP contribution in [0.4, 0.5) is 11.4 Å². The van der Waals surface area contributed by atoms with E-state index in [1.54, 1.807) is 6.07 Å². The number of ether oxygens (including phenoxy) is 1. The molecule has 2 aromatic carbocycles. The fourth-order valence-corrected chi connectivity index (χ4v) is 4.93. The first-order valence-electron chi connectivity index (χ1n) is 10.6. The monoisotopic (exact) mass is 462 g/mol. The van der Waals surface area contributed by atoms with Crippen LogP contribution in [0.5, 0.6) is 5.75 Å². The normalized spacial score (nSPS) is 24.8. The molecule has 4 unspecified atom stereocenters. The highest BCUT2D eigenvalue weighted by Crippen LogP contribution is 2.52. The van der Waals surface area contributed by atoms with Crippen molar-refractivity contribution in [2.75, 3.05) is 0 Å². The molecular formula is C23H18N4O7. The Kier molecular flexibility index (Phi) is 5.16. The summed E-state index contributed by atoms with van der Waals surface area (Å²) in [4.78, 5) is 46.7. The number of hydrazone groups is 1. The second kappa shape index (κ2) is 8.18. The van der Waals surface area contributed by atoms with E-state index in [1.807, 2.05) is 12.2 Å². The minimum atomic E-state index is -0.625. The van der Waals surface area contributed by atoms with Crippen molar-refractivity contribution in [2.45, 2.75) is 13.0 Å². The summed E-state index contributed by atoms with van der Waals surface area (Å²) in [6, 6.07) is 9.89. The maximum absolute atomic E-state index is 12.7. The van der Waals surface area contributed by atoms with Crippen LogP contribution in [0.3, 0.4) is 0 Å². The number of hydrogen-bond donors (Lipinski definition) is 0. The van der Waals surface area contributed by atoms with Crippen molar-refractivity contribution in [3.63, 3.8) is 0 Å². The third kappa shape index (κ3) is 3.60. The molecule has 0 aromatic heterocycles. The lowest BCUT2D eigenvalue weighted by Crippen LogP contribution is -2.28. The lowest BCUT2D eigenvalue weighted by Gasteiger charge is -2.13. The number of non-ortho nitro benzene ring substituents is 1. The number of allylic oxidation sites excluding steroid dienone is 2. The molecule has 5 rings (SSSR count). The second-order valence-electron chi connectivity index (χ2n) is 8.43. The molecule has 4 atom stereocenters. The van der Waals surface area contributed by atoms with Gasteiger partial charge in [-0.3, -0.25) is 29.8 Å². The van der Waals surface area contributed by atoms with Crippen molar-refractivity contribution in [1.29, 1.82) is 0 Å². The highest BCUT2D eigenvalue weighted by Gasteiger charge is 2.59. The maximum atomic E-state index is 12.7. The predicted molar refractivity (Wildman–Crippen MR) is 118 cm³/mol. The molecule has 2 bridgehead atoms. The Hall–Kier alpha value is -4.41. The van der Waals surface area contributed by atoms with E-state index in [1.165, 1.54) is 42.6 Å². The number of carbonyl (C=O) groups excluding carboxylic acids is 2. The topological polar surface area (TPSA) is 145 Å². The smallest absolute Gasteiger partial charge is 0.311 e. The zero-order valence-electron chi connectivity index (χ0n) is 17.6. The van der Waals surface area contributed by atoms with E-state index in [0.717, 1.165) is 11.4 Å². The zero-order chi connectivity index (χ0) is 24.0. The summed E-state index contributed by atoms with van der Waals surface area (Å²) in [6.45, 7) is -0.105. The van der Waals surface area contributed by atoms with Crippen LogP contribution in [0.25, 0.3) is 0 Å². The molecule has 2 aromatic rings. The minimum absolute atomic E-state index is 0.0286. The SMILES string of the molecule is O=C1C2C3C=CC(C3)C2C(=O)N1N=Cc1ccc(OCc2cccc([N+](=O)[O-])c2)c([N+](=O)[O-])c1. The second-order valence-corrected chi connectivity index (χ2v) is 8.43. The largest absolute Gasteiger partial charge is 0.482 e. The average Bonchev–Trinajstić information content (AvgIpc) is 3.51. The molecule has 2 amide bonds. The summed E-state index contributed by atoms with van der Waals surface area (Å²) in [5.74, 6) is -1.33. The molecule has 0 N–H and O–H groups in total. The number of rotatable bonds is 7. The molecule has 1 aliphatic heterocycles. The number of hydrogen-bond acceptors (Lipinski definition) is 8. The van der Waals surface area contributed by atoms with E-state index in [0.29, 0.717) is 11.1 Å². The van der Waals surface area contributed by atoms with E-state index < -0.39 is 9.85 Å². The third-order valence-electron chi connectivity index (χ3n) is 6.46. The van der Waals surface area contributed by atoms with Crippen LogP contribution in [-0.2, 0) is 16.2 Å². The summed E-state index contributed by atoms with van der Waals surface area (Å²) in [5.41, 5.74) is 0.344. The van der Waals surface area contributed by atoms with E-state index >= 15 is 0 Å². The van der Waals surface area contributed by atoms with E-state index in [9.17, 15) is 29.8 Å². The molecule has 0 spiro atoms. The van der Waals surface area contributed by atoms with Gasteiger partial charge < -0.3 is 4.74 Å². The summed E-state index contributed by atoms with van der Waals surface area (Å²) in [7, 11) is 0. The first-order valence-corrected chi connectivity index (χ1v) is 10.6. The Morgan fingerprint density at radius 2 is 1.71 bits per heavy atom. The quantitative estimate of drug-likeness (QED) is 0.202. The predicted octanol–water partition coefficient (Wildman–Crippen LogP) is 3.22. The van der Waals surface area contributed by atoms with Gasteiger partial charge in [-0.15, -0.1) is 0 Å². The van der Waals surface area contributed by atoms with Gasteiger partial charge in [0.2, 0.25) is 0 Å². The van der Waals surface area contributed by atoms with Crippen LogP contribution in [0.15, 0.2) is 59.7 Å². The number of nitro groups is 2. The number of imide groups is 1.